The minimum atomic E-state index is -0.350. The van der Waals surface area contributed by atoms with Gasteiger partial charge in [-0.05, 0) is 31.2 Å². The Balaban J connectivity index is 1.88. The van der Waals surface area contributed by atoms with Crippen LogP contribution in [0.15, 0.2) is 41.4 Å². The third-order valence-electron chi connectivity index (χ3n) is 3.69. The maximum Gasteiger partial charge on any atom is 0.308 e. The van der Waals surface area contributed by atoms with Crippen LogP contribution < -0.4 is 4.80 Å². The molecule has 0 radical (unpaired) electrons. The molecule has 0 unspecified atom stereocenters. The number of aryl methyl sites for hydroxylation is 1. The number of fused-ring (bicyclic) bond motifs is 2. The van der Waals surface area contributed by atoms with E-state index in [0.29, 0.717) is 26.4 Å². The van der Waals surface area contributed by atoms with Crippen LogP contribution in [0.2, 0.25) is 10.0 Å². The van der Waals surface area contributed by atoms with Crippen LogP contribution in [-0.2, 0) is 6.54 Å². The summed E-state index contributed by atoms with van der Waals surface area (Å²) in [5.74, 6) is -0.350. The molecule has 0 saturated heterocycles. The van der Waals surface area contributed by atoms with Crippen molar-refractivity contribution in [2.24, 2.45) is 4.99 Å². The van der Waals surface area contributed by atoms with Gasteiger partial charge in [0, 0.05) is 11.6 Å². The molecule has 0 aliphatic heterocycles. The van der Waals surface area contributed by atoms with Gasteiger partial charge in [0.25, 0.3) is 0 Å². The molecule has 0 fully saturated rings. The van der Waals surface area contributed by atoms with Crippen LogP contribution in [0.4, 0.5) is 0 Å². The van der Waals surface area contributed by atoms with E-state index in [0.717, 1.165) is 20.4 Å². The zero-order valence-electron chi connectivity index (χ0n) is 13.0. The van der Waals surface area contributed by atoms with Gasteiger partial charge in [-0.3, -0.25) is 4.79 Å². The topological polar surface area (TPSA) is 47.2 Å². The lowest BCUT2D eigenvalue weighted by Gasteiger charge is -2.02. The van der Waals surface area contributed by atoms with Gasteiger partial charge in [-0.25, -0.2) is 4.98 Å². The molecule has 2 heterocycles. The molecule has 4 aromatic rings. The van der Waals surface area contributed by atoms with Gasteiger partial charge in [0.05, 0.1) is 25.5 Å². The number of hydrogen-bond acceptors (Lipinski definition) is 4. The summed E-state index contributed by atoms with van der Waals surface area (Å²) in [5, 5.41) is 1.49. The van der Waals surface area contributed by atoms with E-state index in [1.54, 1.807) is 6.07 Å². The number of thiazole rings is 2. The molecule has 2 aromatic heterocycles. The fourth-order valence-electron chi connectivity index (χ4n) is 2.61. The maximum absolute atomic E-state index is 12.6. The zero-order valence-corrected chi connectivity index (χ0v) is 16.1. The highest BCUT2D eigenvalue weighted by Crippen LogP contribution is 2.30. The first-order valence-corrected chi connectivity index (χ1v) is 9.88. The molecule has 1 amide bonds. The third-order valence-corrected chi connectivity index (χ3v) is 6.24. The quantitative estimate of drug-likeness (QED) is 0.447. The zero-order chi connectivity index (χ0) is 17.6. The Morgan fingerprint density at radius 2 is 2.00 bits per heavy atom. The summed E-state index contributed by atoms with van der Waals surface area (Å²) < 4.78 is 3.79. The average Bonchev–Trinajstić information content (AvgIpc) is 3.15. The van der Waals surface area contributed by atoms with E-state index in [2.05, 4.69) is 9.98 Å². The molecule has 0 saturated carbocycles. The Kier molecular flexibility index (Phi) is 4.37. The van der Waals surface area contributed by atoms with E-state index < -0.39 is 0 Å². The normalized spacial score (nSPS) is 12.4. The molecule has 4 rings (SSSR count). The number of halogens is 2. The second kappa shape index (κ2) is 6.53. The Morgan fingerprint density at radius 3 is 2.76 bits per heavy atom. The molecule has 0 atom stereocenters. The molecule has 0 bridgehead atoms. The van der Waals surface area contributed by atoms with E-state index in [1.807, 2.05) is 41.8 Å². The van der Waals surface area contributed by atoms with E-state index in [4.69, 9.17) is 23.2 Å². The van der Waals surface area contributed by atoms with Gasteiger partial charge in [-0.2, -0.15) is 4.99 Å². The van der Waals surface area contributed by atoms with Crippen LogP contribution in [0.25, 0.3) is 20.4 Å². The van der Waals surface area contributed by atoms with Gasteiger partial charge in [-0.1, -0.05) is 46.7 Å². The van der Waals surface area contributed by atoms with Crippen molar-refractivity contribution in [2.75, 3.05) is 0 Å². The van der Waals surface area contributed by atoms with Gasteiger partial charge in [0.15, 0.2) is 9.81 Å². The number of rotatable bonds is 2. The standard InChI is InChI=1S/C17H11Cl2N3OS2/c1-2-22-14-10(19)7-9(18)8-13(14)25-17(22)21-15(23)16-20-11-5-3-4-6-12(11)24-16/h3-8H,2H2,1H3. The van der Waals surface area contributed by atoms with Crippen LogP contribution in [0, 0.1) is 0 Å². The number of para-hydroxylation sites is 1. The smallest absolute Gasteiger partial charge is 0.308 e. The second-order valence-corrected chi connectivity index (χ2v) is 8.15. The van der Waals surface area contributed by atoms with Crippen LogP contribution in [0.1, 0.15) is 16.7 Å². The van der Waals surface area contributed by atoms with Crippen molar-refractivity contribution in [1.29, 1.82) is 0 Å². The molecule has 0 spiro atoms. The van der Waals surface area contributed by atoms with E-state index in [-0.39, 0.29) is 5.91 Å². The number of carbonyl (C=O) groups is 1. The van der Waals surface area contributed by atoms with E-state index >= 15 is 0 Å². The molecule has 0 N–H and O–H groups in total. The lowest BCUT2D eigenvalue weighted by molar-refractivity contribution is 0.0997. The van der Waals surface area contributed by atoms with Crippen molar-refractivity contribution in [1.82, 2.24) is 9.55 Å². The highest BCUT2D eigenvalue weighted by atomic mass is 35.5. The predicted octanol–water partition coefficient (Wildman–Crippen LogP) is 5.38. The maximum atomic E-state index is 12.6. The first kappa shape index (κ1) is 16.7. The predicted molar refractivity (Wildman–Crippen MR) is 105 cm³/mol. The number of benzene rings is 2. The monoisotopic (exact) mass is 407 g/mol. The fourth-order valence-corrected chi connectivity index (χ4v) is 5.33. The van der Waals surface area contributed by atoms with Gasteiger partial charge in [0.2, 0.25) is 0 Å². The second-order valence-electron chi connectivity index (χ2n) is 5.27. The summed E-state index contributed by atoms with van der Waals surface area (Å²) in [4.78, 5) is 21.9. The molecule has 126 valence electrons. The Labute approximate surface area is 161 Å². The number of carbonyl (C=O) groups excluding carboxylic acids is 1. The van der Waals surface area contributed by atoms with Gasteiger partial charge < -0.3 is 4.57 Å². The Hall–Kier alpha value is -1.73. The summed E-state index contributed by atoms with van der Waals surface area (Å²) in [5.41, 5.74) is 1.65. The minimum Gasteiger partial charge on any atom is -0.315 e. The van der Waals surface area contributed by atoms with Crippen LogP contribution in [0.3, 0.4) is 0 Å². The van der Waals surface area contributed by atoms with Gasteiger partial charge in [0.1, 0.15) is 0 Å². The molecule has 0 aliphatic rings. The summed E-state index contributed by atoms with van der Waals surface area (Å²) in [7, 11) is 0. The van der Waals surface area contributed by atoms with Crippen molar-refractivity contribution in [3.8, 4) is 0 Å². The van der Waals surface area contributed by atoms with E-state index in [1.165, 1.54) is 22.7 Å². The summed E-state index contributed by atoms with van der Waals surface area (Å²) in [6, 6.07) is 11.2. The molecule has 2 aromatic carbocycles. The molecule has 25 heavy (non-hydrogen) atoms. The van der Waals surface area contributed by atoms with Gasteiger partial charge >= 0.3 is 5.91 Å². The first-order valence-electron chi connectivity index (χ1n) is 7.50. The van der Waals surface area contributed by atoms with Crippen LogP contribution in [-0.4, -0.2) is 15.5 Å². The highest BCUT2D eigenvalue weighted by molar-refractivity contribution is 7.20. The number of nitrogens with zero attached hydrogens (tertiary/aromatic N) is 3. The first-order chi connectivity index (χ1) is 12.1. The number of aromatic nitrogens is 2. The third kappa shape index (κ3) is 3.00. The average molecular weight is 408 g/mol. The van der Waals surface area contributed by atoms with Crippen LogP contribution in [0.5, 0.6) is 0 Å². The summed E-state index contributed by atoms with van der Waals surface area (Å²) >= 11 is 15.1. The van der Waals surface area contributed by atoms with Crippen molar-refractivity contribution in [2.45, 2.75) is 13.5 Å². The minimum absolute atomic E-state index is 0.350. The van der Waals surface area contributed by atoms with Crippen molar-refractivity contribution in [3.63, 3.8) is 0 Å². The van der Waals surface area contributed by atoms with Crippen molar-refractivity contribution < 1.29 is 4.79 Å². The lowest BCUT2D eigenvalue weighted by atomic mass is 10.3. The largest absolute Gasteiger partial charge is 0.315 e. The number of hydrogen-bond donors (Lipinski definition) is 0. The summed E-state index contributed by atoms with van der Waals surface area (Å²) in [6.45, 7) is 2.63. The highest BCUT2D eigenvalue weighted by Gasteiger charge is 2.14. The Bertz CT molecular complexity index is 1160. The van der Waals surface area contributed by atoms with Crippen molar-refractivity contribution in [3.05, 3.63) is 56.3 Å². The fraction of sp³-hybridized carbons (Fsp3) is 0.118. The van der Waals surface area contributed by atoms with E-state index in [9.17, 15) is 4.79 Å². The van der Waals surface area contributed by atoms with Crippen molar-refractivity contribution >= 4 is 72.2 Å². The molecule has 0 aliphatic carbocycles. The number of amides is 1. The molecule has 4 nitrogen and oxygen atoms in total. The Morgan fingerprint density at radius 1 is 1.20 bits per heavy atom. The summed E-state index contributed by atoms with van der Waals surface area (Å²) in [6.07, 6.45) is 0. The molecular formula is C17H11Cl2N3OS2. The van der Waals surface area contributed by atoms with Gasteiger partial charge in [-0.15, -0.1) is 11.3 Å². The molecule has 8 heteroatoms. The molecular weight excluding hydrogens is 397 g/mol. The SMILES string of the molecule is CCn1c(=NC(=O)c2nc3ccccc3s2)sc2cc(Cl)cc(Cl)c21. The lowest BCUT2D eigenvalue weighted by Crippen LogP contribution is -2.16. The van der Waals surface area contributed by atoms with Crippen LogP contribution >= 0.6 is 45.9 Å².